The topological polar surface area (TPSA) is 18.5 Å². The zero-order valence-electron chi connectivity index (χ0n) is 9.25. The first-order valence-electron chi connectivity index (χ1n) is 5.09. The van der Waals surface area contributed by atoms with Crippen LogP contribution in [0.5, 0.6) is 11.5 Å². The molecule has 0 aliphatic rings. The van der Waals surface area contributed by atoms with Gasteiger partial charge >= 0.3 is 0 Å². The van der Waals surface area contributed by atoms with Crippen LogP contribution in [0, 0.1) is 6.92 Å². The molecular weight excluding hydrogens is 252 g/mol. The van der Waals surface area contributed by atoms with Gasteiger partial charge in [0.25, 0.3) is 0 Å². The zero-order chi connectivity index (χ0) is 12.3. The van der Waals surface area contributed by atoms with Gasteiger partial charge in [0, 0.05) is 31.4 Å². The van der Waals surface area contributed by atoms with Crippen LogP contribution in [0.25, 0.3) is 11.1 Å². The second kappa shape index (κ2) is 5.38. The summed E-state index contributed by atoms with van der Waals surface area (Å²) in [5.41, 5.74) is 3.18. The Morgan fingerprint density at radius 3 is 2.29 bits per heavy atom. The quantitative estimate of drug-likeness (QED) is 0.642. The number of aryl methyl sites for hydroxylation is 1. The predicted molar refractivity (Wildman–Crippen MR) is 75.8 cm³/mol. The van der Waals surface area contributed by atoms with Gasteiger partial charge in [-0.3, -0.25) is 0 Å². The van der Waals surface area contributed by atoms with E-state index in [1.165, 1.54) is 0 Å². The molecule has 2 nitrogen and oxygen atoms in total. The fraction of sp³-hybridized carbons (Fsp3) is 0.0769. The van der Waals surface area contributed by atoms with Crippen LogP contribution in [0.1, 0.15) is 5.56 Å². The number of hydrogen-bond donors (Lipinski definition) is 2. The van der Waals surface area contributed by atoms with Gasteiger partial charge in [0.1, 0.15) is 11.5 Å². The van der Waals surface area contributed by atoms with E-state index in [0.29, 0.717) is 11.5 Å². The van der Waals surface area contributed by atoms with Crippen molar-refractivity contribution in [3.8, 4) is 22.6 Å². The van der Waals surface area contributed by atoms with Crippen LogP contribution >= 0.6 is 25.8 Å². The molecule has 0 saturated heterocycles. The average Bonchev–Trinajstić information content (AvgIpc) is 2.38. The van der Waals surface area contributed by atoms with E-state index in [1.807, 2.05) is 37.3 Å². The second-order valence-corrected chi connectivity index (χ2v) is 4.02. The largest absolute Gasteiger partial charge is 0.429 e. The molecule has 0 unspecified atom stereocenters. The van der Waals surface area contributed by atoms with Crippen molar-refractivity contribution in [1.29, 1.82) is 0 Å². The Hall–Kier alpha value is -1.26. The first-order chi connectivity index (χ1) is 8.26. The van der Waals surface area contributed by atoms with Crippen LogP contribution in [0.2, 0.25) is 0 Å². The molecule has 0 aliphatic heterocycles. The van der Waals surface area contributed by atoms with Gasteiger partial charge in [-0.1, -0.05) is 24.3 Å². The summed E-state index contributed by atoms with van der Waals surface area (Å²) in [5, 5.41) is 0. The maximum atomic E-state index is 5.07. The van der Waals surface area contributed by atoms with Crippen LogP contribution in [0.4, 0.5) is 0 Å². The molecule has 2 aromatic carbocycles. The molecule has 4 heteroatoms. The van der Waals surface area contributed by atoms with E-state index in [-0.39, 0.29) is 0 Å². The average molecular weight is 264 g/mol. The molecule has 2 aromatic rings. The smallest absolute Gasteiger partial charge is 0.145 e. The molecule has 88 valence electrons. The molecule has 0 fully saturated rings. The maximum absolute atomic E-state index is 5.07. The molecular formula is C13H12O2S2. The van der Waals surface area contributed by atoms with Crippen LogP contribution in [-0.2, 0) is 0 Å². The molecule has 17 heavy (non-hydrogen) atoms. The van der Waals surface area contributed by atoms with E-state index in [9.17, 15) is 0 Å². The third kappa shape index (κ3) is 2.53. The van der Waals surface area contributed by atoms with E-state index in [1.54, 1.807) is 12.1 Å². The molecule has 0 radical (unpaired) electrons. The summed E-state index contributed by atoms with van der Waals surface area (Å²) in [7, 11) is 0. The van der Waals surface area contributed by atoms with Crippen molar-refractivity contribution < 1.29 is 8.37 Å². The van der Waals surface area contributed by atoms with Gasteiger partial charge in [-0.15, -0.1) is 0 Å². The Bertz CT molecular complexity index is 527. The molecule has 0 aromatic heterocycles. The van der Waals surface area contributed by atoms with Crippen molar-refractivity contribution >= 4 is 25.8 Å². The summed E-state index contributed by atoms with van der Waals surface area (Å²) in [6, 6.07) is 13.5. The lowest BCUT2D eigenvalue weighted by atomic mass is 10.00. The highest BCUT2D eigenvalue weighted by atomic mass is 32.1. The van der Waals surface area contributed by atoms with E-state index < -0.39 is 0 Å². The standard InChI is InChI=1S/C13H12O2S2/c1-9-4-2-3-5-11(9)12-8-10(14-16)6-7-13(12)15-17/h2-8,16-17H,1H3. The molecule has 0 spiro atoms. The van der Waals surface area contributed by atoms with Gasteiger partial charge in [0.05, 0.1) is 0 Å². The Morgan fingerprint density at radius 1 is 0.882 bits per heavy atom. The van der Waals surface area contributed by atoms with Crippen molar-refractivity contribution in [2.45, 2.75) is 6.92 Å². The number of thiol groups is 2. The van der Waals surface area contributed by atoms with Crippen LogP contribution in [0.15, 0.2) is 42.5 Å². The minimum absolute atomic E-state index is 0.667. The fourth-order valence-electron chi connectivity index (χ4n) is 1.73. The Morgan fingerprint density at radius 2 is 1.65 bits per heavy atom. The molecule has 0 N–H and O–H groups in total. The third-order valence-corrected chi connectivity index (χ3v) is 3.00. The first-order valence-corrected chi connectivity index (χ1v) is 5.82. The van der Waals surface area contributed by atoms with Gasteiger partial charge in [-0.05, 0) is 36.2 Å². The predicted octanol–water partition coefficient (Wildman–Crippen LogP) is 4.11. The van der Waals surface area contributed by atoms with E-state index >= 15 is 0 Å². The van der Waals surface area contributed by atoms with Gasteiger partial charge < -0.3 is 8.37 Å². The maximum Gasteiger partial charge on any atom is 0.145 e. The molecule has 0 aliphatic carbocycles. The summed E-state index contributed by atoms with van der Waals surface area (Å²) in [6.07, 6.45) is 0. The molecule has 0 bridgehead atoms. The second-order valence-electron chi connectivity index (χ2n) is 3.66. The minimum Gasteiger partial charge on any atom is -0.429 e. The number of hydrogen-bond acceptors (Lipinski definition) is 4. The van der Waals surface area contributed by atoms with Crippen molar-refractivity contribution in [3.63, 3.8) is 0 Å². The van der Waals surface area contributed by atoms with Crippen molar-refractivity contribution in [3.05, 3.63) is 48.0 Å². The third-order valence-electron chi connectivity index (χ3n) is 2.59. The van der Waals surface area contributed by atoms with E-state index in [0.717, 1.165) is 16.7 Å². The highest BCUT2D eigenvalue weighted by Gasteiger charge is 2.09. The summed E-state index contributed by atoms with van der Waals surface area (Å²) in [6.45, 7) is 2.05. The van der Waals surface area contributed by atoms with Gasteiger partial charge in [0.15, 0.2) is 0 Å². The van der Waals surface area contributed by atoms with Crippen molar-refractivity contribution in [1.82, 2.24) is 0 Å². The normalized spacial score (nSPS) is 10.1. The summed E-state index contributed by atoms with van der Waals surface area (Å²) >= 11 is 7.67. The Balaban J connectivity index is 2.60. The molecule has 0 atom stereocenters. The Labute approximate surface area is 112 Å². The lowest BCUT2D eigenvalue weighted by molar-refractivity contribution is 0.642. The van der Waals surface area contributed by atoms with Crippen molar-refractivity contribution in [2.24, 2.45) is 0 Å². The monoisotopic (exact) mass is 264 g/mol. The lowest BCUT2D eigenvalue weighted by Crippen LogP contribution is -1.87. The van der Waals surface area contributed by atoms with E-state index in [4.69, 9.17) is 8.37 Å². The summed E-state index contributed by atoms with van der Waals surface area (Å²) in [5.74, 6) is 1.36. The SMILES string of the molecule is Cc1ccccc1-c1cc(OS)ccc1OS. The summed E-state index contributed by atoms with van der Waals surface area (Å²) < 4.78 is 10.00. The van der Waals surface area contributed by atoms with E-state index in [2.05, 4.69) is 25.8 Å². The molecule has 2 rings (SSSR count). The number of benzene rings is 2. The zero-order valence-corrected chi connectivity index (χ0v) is 11.0. The highest BCUT2D eigenvalue weighted by molar-refractivity contribution is 7.75. The highest BCUT2D eigenvalue weighted by Crippen LogP contribution is 2.35. The van der Waals surface area contributed by atoms with Crippen molar-refractivity contribution in [2.75, 3.05) is 0 Å². The summed E-state index contributed by atoms with van der Waals surface area (Å²) in [4.78, 5) is 0. The minimum atomic E-state index is 0.667. The molecule has 0 amide bonds. The van der Waals surface area contributed by atoms with Gasteiger partial charge in [-0.25, -0.2) is 0 Å². The lowest BCUT2D eigenvalue weighted by Gasteiger charge is -2.11. The first kappa shape index (κ1) is 12.2. The van der Waals surface area contributed by atoms with Gasteiger partial charge in [0.2, 0.25) is 0 Å². The fourth-order valence-corrected chi connectivity index (χ4v) is 2.00. The number of rotatable bonds is 3. The van der Waals surface area contributed by atoms with Crippen LogP contribution < -0.4 is 8.37 Å². The van der Waals surface area contributed by atoms with Crippen LogP contribution in [-0.4, -0.2) is 0 Å². The van der Waals surface area contributed by atoms with Crippen LogP contribution in [0.3, 0.4) is 0 Å². The Kier molecular flexibility index (Phi) is 3.86. The molecule has 0 heterocycles. The van der Waals surface area contributed by atoms with Gasteiger partial charge in [-0.2, -0.15) is 0 Å². The molecule has 0 saturated carbocycles.